The zero-order valence-electron chi connectivity index (χ0n) is 16.2. The summed E-state index contributed by atoms with van der Waals surface area (Å²) in [7, 11) is 0. The van der Waals surface area contributed by atoms with Gasteiger partial charge in [-0.2, -0.15) is 0 Å². The van der Waals surface area contributed by atoms with E-state index in [1.54, 1.807) is 36.4 Å². The van der Waals surface area contributed by atoms with Crippen molar-refractivity contribution in [3.63, 3.8) is 0 Å². The van der Waals surface area contributed by atoms with Gasteiger partial charge < -0.3 is 14.3 Å². The fourth-order valence-corrected chi connectivity index (χ4v) is 3.49. The lowest BCUT2D eigenvalue weighted by Crippen LogP contribution is -2.17. The normalized spacial score (nSPS) is 10.9. The number of aromatic nitrogens is 2. The number of fused-ring (bicyclic) bond motifs is 1. The van der Waals surface area contributed by atoms with E-state index in [0.717, 1.165) is 16.6 Å². The lowest BCUT2D eigenvalue weighted by Gasteiger charge is -2.08. The average Bonchev–Trinajstić information content (AvgIpc) is 3.32. The summed E-state index contributed by atoms with van der Waals surface area (Å²) < 4.78 is 7.70. The van der Waals surface area contributed by atoms with Crippen LogP contribution in [-0.4, -0.2) is 21.4 Å². The van der Waals surface area contributed by atoms with Gasteiger partial charge in [-0.25, -0.2) is 4.98 Å². The number of carbonyl (C=O) groups is 2. The molecule has 0 spiro atoms. The Morgan fingerprint density at radius 2 is 1.80 bits per heavy atom. The summed E-state index contributed by atoms with van der Waals surface area (Å²) in [5.74, 6) is 0.253. The highest BCUT2D eigenvalue weighted by Crippen LogP contribution is 2.20. The van der Waals surface area contributed by atoms with Gasteiger partial charge in [-0.1, -0.05) is 24.3 Å². The van der Waals surface area contributed by atoms with Gasteiger partial charge >= 0.3 is 0 Å². The van der Waals surface area contributed by atoms with Gasteiger partial charge in [-0.3, -0.25) is 14.9 Å². The summed E-state index contributed by atoms with van der Waals surface area (Å²) in [6.07, 6.45) is 0.201. The van der Waals surface area contributed by atoms with Crippen molar-refractivity contribution in [3.05, 3.63) is 76.7 Å². The van der Waals surface area contributed by atoms with Crippen LogP contribution in [0.3, 0.4) is 0 Å². The molecule has 0 aliphatic rings. The van der Waals surface area contributed by atoms with Crippen molar-refractivity contribution in [1.29, 1.82) is 0 Å². The zero-order valence-corrected chi connectivity index (χ0v) is 17.8. The van der Waals surface area contributed by atoms with E-state index in [-0.39, 0.29) is 24.0 Å². The monoisotopic (exact) mass is 466 g/mol. The van der Waals surface area contributed by atoms with Gasteiger partial charge in [0.1, 0.15) is 0 Å². The second kappa shape index (κ2) is 8.54. The molecule has 2 heterocycles. The molecule has 4 rings (SSSR count). The Morgan fingerprint density at radius 1 is 1.03 bits per heavy atom. The second-order valence-corrected chi connectivity index (χ2v) is 7.43. The maximum atomic E-state index is 12.5. The first kappa shape index (κ1) is 19.9. The summed E-state index contributed by atoms with van der Waals surface area (Å²) in [6.45, 7) is 2.72. The predicted octanol–water partition coefficient (Wildman–Crippen LogP) is 4.85. The first-order chi connectivity index (χ1) is 14.5. The van der Waals surface area contributed by atoms with E-state index in [4.69, 9.17) is 4.42 Å². The molecule has 2 aromatic carbocycles. The minimum absolute atomic E-state index is 0.155. The molecule has 0 aliphatic heterocycles. The van der Waals surface area contributed by atoms with E-state index in [1.165, 1.54) is 0 Å². The topological polar surface area (TPSA) is 89.2 Å². The molecule has 2 N–H and O–H groups in total. The van der Waals surface area contributed by atoms with Crippen molar-refractivity contribution < 1.29 is 14.0 Å². The van der Waals surface area contributed by atoms with Crippen LogP contribution in [0.4, 0.5) is 11.6 Å². The molecule has 0 radical (unpaired) electrons. The molecule has 0 atom stereocenters. The van der Waals surface area contributed by atoms with Crippen LogP contribution >= 0.6 is 15.9 Å². The molecule has 7 nitrogen and oxygen atoms in total. The number of nitrogens with zero attached hydrogens (tertiary/aromatic N) is 2. The Bertz CT molecular complexity index is 1210. The molecule has 0 aliphatic carbocycles. The van der Waals surface area contributed by atoms with Crippen LogP contribution in [-0.2, 0) is 17.8 Å². The number of rotatable bonds is 6. The average molecular weight is 467 g/mol. The van der Waals surface area contributed by atoms with Gasteiger partial charge in [0, 0.05) is 12.2 Å². The maximum absolute atomic E-state index is 12.5. The van der Waals surface area contributed by atoms with Crippen molar-refractivity contribution in [3.8, 4) is 0 Å². The third-order valence-electron chi connectivity index (χ3n) is 4.60. The molecule has 0 saturated heterocycles. The SMILES string of the molecule is CCn1c(NC(=O)Cc2ccc(NC(=O)c3ccc(Br)o3)cc2)nc2ccccc21. The first-order valence-electron chi connectivity index (χ1n) is 9.44. The lowest BCUT2D eigenvalue weighted by molar-refractivity contribution is -0.115. The number of amides is 2. The van der Waals surface area contributed by atoms with E-state index in [2.05, 4.69) is 31.5 Å². The molecule has 0 unspecified atom stereocenters. The van der Waals surface area contributed by atoms with Gasteiger partial charge in [0.2, 0.25) is 11.9 Å². The molecule has 4 aromatic rings. The van der Waals surface area contributed by atoms with Crippen LogP contribution in [0.5, 0.6) is 0 Å². The standard InChI is InChI=1S/C22H19BrN4O3/c1-2-27-17-6-4-3-5-16(17)25-22(27)26-20(28)13-14-7-9-15(10-8-14)24-21(29)18-11-12-19(23)30-18/h3-12H,2,13H2,1H3,(H,24,29)(H,25,26,28). The van der Waals surface area contributed by atoms with Gasteiger partial charge in [-0.05, 0) is 64.8 Å². The predicted molar refractivity (Wildman–Crippen MR) is 119 cm³/mol. The van der Waals surface area contributed by atoms with E-state index in [1.807, 2.05) is 35.8 Å². The Balaban J connectivity index is 1.40. The van der Waals surface area contributed by atoms with Crippen molar-refractivity contribution >= 4 is 50.4 Å². The quantitative estimate of drug-likeness (QED) is 0.425. The van der Waals surface area contributed by atoms with E-state index in [9.17, 15) is 9.59 Å². The van der Waals surface area contributed by atoms with E-state index in [0.29, 0.717) is 22.8 Å². The Morgan fingerprint density at radius 3 is 2.50 bits per heavy atom. The number of halogens is 1. The number of aryl methyl sites for hydroxylation is 1. The third-order valence-corrected chi connectivity index (χ3v) is 5.02. The van der Waals surface area contributed by atoms with Gasteiger partial charge in [0.15, 0.2) is 10.4 Å². The van der Waals surface area contributed by atoms with Crippen LogP contribution in [0.1, 0.15) is 23.0 Å². The zero-order chi connectivity index (χ0) is 21.1. The first-order valence-corrected chi connectivity index (χ1v) is 10.2. The molecule has 0 fully saturated rings. The van der Waals surface area contributed by atoms with E-state index < -0.39 is 0 Å². The van der Waals surface area contributed by atoms with Crippen molar-refractivity contribution in [2.45, 2.75) is 19.9 Å². The third kappa shape index (κ3) is 4.28. The Kier molecular flexibility index (Phi) is 5.67. The van der Waals surface area contributed by atoms with Gasteiger partial charge in [-0.15, -0.1) is 0 Å². The van der Waals surface area contributed by atoms with Crippen LogP contribution in [0.25, 0.3) is 11.0 Å². The molecule has 0 bridgehead atoms. The number of nitrogens with one attached hydrogen (secondary N) is 2. The smallest absolute Gasteiger partial charge is 0.291 e. The summed E-state index contributed by atoms with van der Waals surface area (Å²) >= 11 is 3.17. The molecule has 152 valence electrons. The molecule has 0 saturated carbocycles. The molecular weight excluding hydrogens is 448 g/mol. The molecule has 30 heavy (non-hydrogen) atoms. The Hall–Kier alpha value is -3.39. The van der Waals surface area contributed by atoms with Crippen molar-refractivity contribution in [2.24, 2.45) is 0 Å². The largest absolute Gasteiger partial charge is 0.444 e. The minimum Gasteiger partial charge on any atom is -0.444 e. The molecule has 2 aromatic heterocycles. The van der Waals surface area contributed by atoms with Gasteiger partial charge in [0.25, 0.3) is 5.91 Å². The lowest BCUT2D eigenvalue weighted by atomic mass is 10.1. The minimum atomic E-state index is -0.343. The summed E-state index contributed by atoms with van der Waals surface area (Å²) in [5.41, 5.74) is 3.27. The number of carbonyl (C=O) groups excluding carboxylic acids is 2. The van der Waals surface area contributed by atoms with Crippen molar-refractivity contribution in [2.75, 3.05) is 10.6 Å². The number of furan rings is 1. The van der Waals surface area contributed by atoms with E-state index >= 15 is 0 Å². The highest BCUT2D eigenvalue weighted by molar-refractivity contribution is 9.10. The van der Waals surface area contributed by atoms with Crippen LogP contribution in [0.15, 0.2) is 69.8 Å². The Labute approximate surface area is 181 Å². The number of anilines is 2. The maximum Gasteiger partial charge on any atom is 0.291 e. The van der Waals surface area contributed by atoms with Gasteiger partial charge in [0.05, 0.1) is 17.5 Å². The fraction of sp³-hybridized carbons (Fsp3) is 0.136. The molecular formula is C22H19BrN4O3. The summed E-state index contributed by atoms with van der Waals surface area (Å²) in [5, 5.41) is 5.65. The second-order valence-electron chi connectivity index (χ2n) is 6.65. The fourth-order valence-electron chi connectivity index (χ4n) is 3.18. The highest BCUT2D eigenvalue weighted by atomic mass is 79.9. The molecule has 2 amide bonds. The number of para-hydroxylation sites is 2. The highest BCUT2D eigenvalue weighted by Gasteiger charge is 2.13. The number of benzene rings is 2. The molecule has 8 heteroatoms. The number of hydrogen-bond donors (Lipinski definition) is 2. The van der Waals surface area contributed by atoms with Crippen LogP contribution < -0.4 is 10.6 Å². The van der Waals surface area contributed by atoms with Crippen LogP contribution in [0.2, 0.25) is 0 Å². The number of imidazole rings is 1. The summed E-state index contributed by atoms with van der Waals surface area (Å²) in [6, 6.07) is 18.1. The summed E-state index contributed by atoms with van der Waals surface area (Å²) in [4.78, 5) is 29.2. The van der Waals surface area contributed by atoms with Crippen LogP contribution in [0, 0.1) is 0 Å². The van der Waals surface area contributed by atoms with Crippen molar-refractivity contribution in [1.82, 2.24) is 9.55 Å². The number of hydrogen-bond acceptors (Lipinski definition) is 4.